The Bertz CT molecular complexity index is 160. The van der Waals surface area contributed by atoms with Crippen molar-refractivity contribution in [2.45, 2.75) is 32.1 Å². The summed E-state index contributed by atoms with van der Waals surface area (Å²) in [4.78, 5) is 0. The van der Waals surface area contributed by atoms with Crippen LogP contribution >= 0.6 is 0 Å². The Hall–Kier alpha value is -0.460. The summed E-state index contributed by atoms with van der Waals surface area (Å²) in [5.41, 5.74) is 6.89. The van der Waals surface area contributed by atoms with Crippen molar-refractivity contribution in [2.75, 3.05) is 0 Å². The van der Waals surface area contributed by atoms with Crippen LogP contribution in [0.25, 0.3) is 0 Å². The van der Waals surface area contributed by atoms with Crippen LogP contribution in [0.1, 0.15) is 32.1 Å². The molecule has 2 unspecified atom stereocenters. The van der Waals surface area contributed by atoms with E-state index < -0.39 is 0 Å². The predicted octanol–water partition coefficient (Wildman–Crippen LogP) is 2.04. The summed E-state index contributed by atoms with van der Waals surface area (Å²) in [6.07, 6.45) is 9.00. The zero-order valence-electron chi connectivity index (χ0n) is 6.34. The van der Waals surface area contributed by atoms with Gasteiger partial charge >= 0.3 is 0 Å². The molecule has 0 saturated heterocycles. The summed E-state index contributed by atoms with van der Waals surface area (Å²) in [5, 5.41) is 0. The highest BCUT2D eigenvalue weighted by atomic mass is 14.6. The van der Waals surface area contributed by atoms with Gasteiger partial charge in [0, 0.05) is 5.70 Å². The molecule has 0 aromatic heterocycles. The molecule has 56 valence electrons. The van der Waals surface area contributed by atoms with Gasteiger partial charge in [-0.15, -0.1) is 0 Å². The fraction of sp³-hybridized carbons (Fsp3) is 0.778. The zero-order valence-corrected chi connectivity index (χ0v) is 6.34. The van der Waals surface area contributed by atoms with Crippen LogP contribution in [-0.4, -0.2) is 0 Å². The van der Waals surface area contributed by atoms with Crippen molar-refractivity contribution in [2.24, 2.45) is 17.6 Å². The molecular formula is C9H15N. The molecule has 2 aliphatic rings. The number of hydrogen-bond donors (Lipinski definition) is 1. The maximum absolute atomic E-state index is 5.75. The van der Waals surface area contributed by atoms with Gasteiger partial charge in [0.1, 0.15) is 0 Å². The lowest BCUT2D eigenvalue weighted by Gasteiger charge is -2.22. The Kier molecular flexibility index (Phi) is 1.44. The van der Waals surface area contributed by atoms with Crippen LogP contribution < -0.4 is 5.73 Å². The Morgan fingerprint density at radius 2 is 2.10 bits per heavy atom. The molecule has 1 nitrogen and oxygen atoms in total. The first-order chi connectivity index (χ1) is 4.86. The average molecular weight is 137 g/mol. The first-order valence-corrected chi connectivity index (χ1v) is 4.31. The third kappa shape index (κ3) is 0.938. The lowest BCUT2D eigenvalue weighted by Crippen LogP contribution is -2.16. The van der Waals surface area contributed by atoms with Crippen LogP contribution in [-0.2, 0) is 0 Å². The molecule has 2 aliphatic carbocycles. The molecule has 0 heterocycles. The van der Waals surface area contributed by atoms with E-state index in [1.807, 2.05) is 0 Å². The molecule has 0 aromatic rings. The number of nitrogens with two attached hydrogens (primary N) is 1. The van der Waals surface area contributed by atoms with Crippen molar-refractivity contribution in [3.63, 3.8) is 0 Å². The molecule has 2 atom stereocenters. The summed E-state index contributed by atoms with van der Waals surface area (Å²) in [6, 6.07) is 0. The molecule has 10 heavy (non-hydrogen) atoms. The smallest absolute Gasteiger partial charge is 0.00429 e. The number of rotatable bonds is 0. The number of hydrogen-bond acceptors (Lipinski definition) is 1. The molecule has 0 bridgehead atoms. The first-order valence-electron chi connectivity index (χ1n) is 4.31. The quantitative estimate of drug-likeness (QED) is 0.543. The van der Waals surface area contributed by atoms with Crippen molar-refractivity contribution in [1.29, 1.82) is 0 Å². The van der Waals surface area contributed by atoms with Gasteiger partial charge in [0.05, 0.1) is 0 Å². The van der Waals surface area contributed by atoms with E-state index in [2.05, 4.69) is 6.08 Å². The Balaban J connectivity index is 2.08. The fourth-order valence-corrected chi connectivity index (χ4v) is 2.38. The van der Waals surface area contributed by atoms with Crippen LogP contribution in [0, 0.1) is 11.8 Å². The summed E-state index contributed by atoms with van der Waals surface area (Å²) in [6.45, 7) is 0. The third-order valence-corrected chi connectivity index (χ3v) is 3.00. The van der Waals surface area contributed by atoms with Crippen LogP contribution in [0.3, 0.4) is 0 Å². The first kappa shape index (κ1) is 6.26. The second kappa shape index (κ2) is 2.30. The maximum atomic E-state index is 5.75. The van der Waals surface area contributed by atoms with Gasteiger partial charge in [0.25, 0.3) is 0 Å². The summed E-state index contributed by atoms with van der Waals surface area (Å²) in [7, 11) is 0. The predicted molar refractivity (Wildman–Crippen MR) is 42.3 cm³/mol. The summed E-state index contributed by atoms with van der Waals surface area (Å²) in [5.74, 6) is 1.94. The van der Waals surface area contributed by atoms with Gasteiger partial charge in [-0.2, -0.15) is 0 Å². The number of fused-ring (bicyclic) bond motifs is 1. The minimum absolute atomic E-state index is 0.949. The van der Waals surface area contributed by atoms with E-state index in [0.29, 0.717) is 0 Å². The minimum atomic E-state index is 0.949. The zero-order chi connectivity index (χ0) is 6.97. The van der Waals surface area contributed by atoms with Gasteiger partial charge in [-0.05, 0) is 37.5 Å². The SMILES string of the molecule is NC1=CCC2CCCC2C1. The van der Waals surface area contributed by atoms with Gasteiger partial charge in [0.2, 0.25) is 0 Å². The Morgan fingerprint density at radius 1 is 1.30 bits per heavy atom. The van der Waals surface area contributed by atoms with Gasteiger partial charge in [0.15, 0.2) is 0 Å². The molecule has 1 saturated carbocycles. The molecule has 2 rings (SSSR count). The molecule has 0 radical (unpaired) electrons. The van der Waals surface area contributed by atoms with Gasteiger partial charge in [-0.1, -0.05) is 12.5 Å². The molecule has 1 heteroatoms. The van der Waals surface area contributed by atoms with Crippen molar-refractivity contribution in [3.05, 3.63) is 11.8 Å². The molecule has 0 aliphatic heterocycles. The third-order valence-electron chi connectivity index (χ3n) is 3.00. The molecule has 0 amide bonds. The molecule has 2 N–H and O–H groups in total. The lowest BCUT2D eigenvalue weighted by molar-refractivity contribution is 0.368. The molecule has 1 fully saturated rings. The van der Waals surface area contributed by atoms with E-state index in [9.17, 15) is 0 Å². The Morgan fingerprint density at radius 3 is 3.00 bits per heavy atom. The van der Waals surface area contributed by atoms with Crippen LogP contribution in [0.2, 0.25) is 0 Å². The fourth-order valence-electron chi connectivity index (χ4n) is 2.38. The highest BCUT2D eigenvalue weighted by Crippen LogP contribution is 2.40. The maximum Gasteiger partial charge on any atom is 0.00429 e. The normalized spacial score (nSPS) is 39.0. The van der Waals surface area contributed by atoms with E-state index in [4.69, 9.17) is 5.73 Å². The van der Waals surface area contributed by atoms with E-state index in [0.717, 1.165) is 17.5 Å². The largest absolute Gasteiger partial charge is 0.402 e. The van der Waals surface area contributed by atoms with Crippen LogP contribution in [0.15, 0.2) is 11.8 Å². The monoisotopic (exact) mass is 137 g/mol. The van der Waals surface area contributed by atoms with Crippen molar-refractivity contribution in [1.82, 2.24) is 0 Å². The van der Waals surface area contributed by atoms with E-state index >= 15 is 0 Å². The van der Waals surface area contributed by atoms with Gasteiger partial charge in [-0.25, -0.2) is 0 Å². The molecule has 0 aromatic carbocycles. The van der Waals surface area contributed by atoms with Crippen LogP contribution in [0.5, 0.6) is 0 Å². The van der Waals surface area contributed by atoms with E-state index in [1.54, 1.807) is 0 Å². The van der Waals surface area contributed by atoms with E-state index in [-0.39, 0.29) is 0 Å². The minimum Gasteiger partial charge on any atom is -0.402 e. The van der Waals surface area contributed by atoms with Gasteiger partial charge < -0.3 is 5.73 Å². The summed E-state index contributed by atoms with van der Waals surface area (Å²) < 4.78 is 0. The average Bonchev–Trinajstić information content (AvgIpc) is 2.33. The van der Waals surface area contributed by atoms with Crippen molar-refractivity contribution >= 4 is 0 Å². The highest BCUT2D eigenvalue weighted by Gasteiger charge is 2.28. The van der Waals surface area contributed by atoms with E-state index in [1.165, 1.54) is 32.1 Å². The van der Waals surface area contributed by atoms with Crippen LogP contribution in [0.4, 0.5) is 0 Å². The molecule has 0 spiro atoms. The summed E-state index contributed by atoms with van der Waals surface area (Å²) >= 11 is 0. The number of allylic oxidation sites excluding steroid dienone is 2. The topological polar surface area (TPSA) is 26.0 Å². The lowest BCUT2D eigenvalue weighted by atomic mass is 9.85. The second-order valence-electron chi connectivity index (χ2n) is 3.67. The van der Waals surface area contributed by atoms with Gasteiger partial charge in [-0.3, -0.25) is 0 Å². The second-order valence-corrected chi connectivity index (χ2v) is 3.67. The van der Waals surface area contributed by atoms with Crippen molar-refractivity contribution < 1.29 is 0 Å². The molecular weight excluding hydrogens is 122 g/mol. The highest BCUT2D eigenvalue weighted by molar-refractivity contribution is 5.05. The standard InChI is InChI=1S/C9H15N/c10-9-5-4-7-2-1-3-8(7)6-9/h5,7-8H,1-4,6,10H2. The Labute approximate surface area is 62.3 Å². The van der Waals surface area contributed by atoms with Crippen molar-refractivity contribution in [3.8, 4) is 0 Å².